The summed E-state index contributed by atoms with van der Waals surface area (Å²) in [6, 6.07) is 8.80. The lowest BCUT2D eigenvalue weighted by Gasteiger charge is -2.18. The Morgan fingerprint density at radius 2 is 1.95 bits per heavy atom. The fourth-order valence-corrected chi connectivity index (χ4v) is 2.81. The predicted octanol–water partition coefficient (Wildman–Crippen LogP) is 4.88. The van der Waals surface area contributed by atoms with Crippen LogP contribution in [-0.2, 0) is 6.42 Å². The Kier molecular flexibility index (Phi) is 5.13. The average Bonchev–Trinajstić information content (AvgIpc) is 2.38. The van der Waals surface area contributed by atoms with E-state index in [9.17, 15) is 8.78 Å². The molecule has 2 rings (SSSR count). The van der Waals surface area contributed by atoms with Crippen LogP contribution in [0.2, 0.25) is 5.02 Å². The van der Waals surface area contributed by atoms with Crippen molar-refractivity contribution in [2.45, 2.75) is 12.5 Å². The van der Waals surface area contributed by atoms with Crippen molar-refractivity contribution in [3.05, 3.63) is 68.7 Å². The van der Waals surface area contributed by atoms with E-state index >= 15 is 0 Å². The first kappa shape index (κ1) is 15.4. The fraction of sp³-hybridized carbons (Fsp3) is 0.200. The van der Waals surface area contributed by atoms with Gasteiger partial charge in [-0.05, 0) is 55.4 Å². The van der Waals surface area contributed by atoms with Gasteiger partial charge in [-0.15, -0.1) is 0 Å². The molecule has 0 bridgehead atoms. The van der Waals surface area contributed by atoms with Gasteiger partial charge in [0, 0.05) is 21.1 Å². The molecule has 0 aliphatic rings. The lowest BCUT2D eigenvalue weighted by molar-refractivity contribution is 0.532. The highest BCUT2D eigenvalue weighted by Crippen LogP contribution is 2.25. The summed E-state index contributed by atoms with van der Waals surface area (Å²) in [6.45, 7) is 0. The van der Waals surface area contributed by atoms with Gasteiger partial charge < -0.3 is 5.32 Å². The minimum absolute atomic E-state index is 0.276. The number of nitrogens with one attached hydrogen (secondary N) is 1. The summed E-state index contributed by atoms with van der Waals surface area (Å²) in [5, 5.41) is 3.51. The van der Waals surface area contributed by atoms with Gasteiger partial charge in [0.05, 0.1) is 0 Å². The van der Waals surface area contributed by atoms with E-state index in [4.69, 9.17) is 11.6 Å². The Morgan fingerprint density at radius 3 is 2.60 bits per heavy atom. The molecule has 0 amide bonds. The van der Waals surface area contributed by atoms with Gasteiger partial charge in [0.2, 0.25) is 0 Å². The van der Waals surface area contributed by atoms with Crippen molar-refractivity contribution in [1.82, 2.24) is 5.32 Å². The Labute approximate surface area is 130 Å². The van der Waals surface area contributed by atoms with E-state index < -0.39 is 0 Å². The van der Waals surface area contributed by atoms with Gasteiger partial charge in [0.15, 0.2) is 0 Å². The second-order valence-electron chi connectivity index (χ2n) is 4.49. The molecule has 0 saturated heterocycles. The lowest BCUT2D eigenvalue weighted by atomic mass is 9.98. The van der Waals surface area contributed by atoms with Crippen LogP contribution in [0.4, 0.5) is 8.78 Å². The normalized spacial score (nSPS) is 12.4. The van der Waals surface area contributed by atoms with E-state index in [2.05, 4.69) is 21.2 Å². The Balaban J connectivity index is 2.31. The van der Waals surface area contributed by atoms with E-state index in [-0.39, 0.29) is 17.7 Å². The molecule has 0 spiro atoms. The van der Waals surface area contributed by atoms with Crippen LogP contribution >= 0.6 is 27.5 Å². The van der Waals surface area contributed by atoms with Gasteiger partial charge in [-0.1, -0.05) is 27.5 Å². The maximum atomic E-state index is 13.9. The zero-order valence-electron chi connectivity index (χ0n) is 10.8. The molecular formula is C15H13BrClF2N. The SMILES string of the molecule is CNC(Cc1cc(F)cc(Br)c1)c1cc(Cl)ccc1F. The predicted molar refractivity (Wildman–Crippen MR) is 81.0 cm³/mol. The van der Waals surface area contributed by atoms with Gasteiger partial charge in [0.25, 0.3) is 0 Å². The first-order valence-corrected chi connectivity index (χ1v) is 7.24. The zero-order valence-corrected chi connectivity index (χ0v) is 13.1. The smallest absolute Gasteiger partial charge is 0.128 e. The van der Waals surface area contributed by atoms with Crippen molar-refractivity contribution >= 4 is 27.5 Å². The number of benzene rings is 2. The Hall–Kier alpha value is -0.970. The summed E-state index contributed by atoms with van der Waals surface area (Å²) in [5.41, 5.74) is 1.25. The molecule has 0 aliphatic heterocycles. The van der Waals surface area contributed by atoms with E-state index in [1.54, 1.807) is 13.1 Å². The molecule has 2 aromatic carbocycles. The van der Waals surface area contributed by atoms with Crippen LogP contribution in [-0.4, -0.2) is 7.05 Å². The molecule has 5 heteroatoms. The van der Waals surface area contributed by atoms with Crippen LogP contribution < -0.4 is 5.32 Å². The average molecular weight is 361 g/mol. The highest BCUT2D eigenvalue weighted by Gasteiger charge is 2.16. The van der Waals surface area contributed by atoms with Crippen LogP contribution in [0.3, 0.4) is 0 Å². The summed E-state index contributed by atoms with van der Waals surface area (Å²) >= 11 is 9.16. The van der Waals surface area contributed by atoms with E-state index in [1.165, 1.54) is 24.3 Å². The van der Waals surface area contributed by atoms with Crippen molar-refractivity contribution in [3.8, 4) is 0 Å². The second-order valence-corrected chi connectivity index (χ2v) is 5.84. The molecule has 106 valence electrons. The van der Waals surface area contributed by atoms with Crippen LogP contribution in [0.15, 0.2) is 40.9 Å². The molecule has 0 aromatic heterocycles. The summed E-state index contributed by atoms with van der Waals surface area (Å²) in [4.78, 5) is 0. The van der Waals surface area contributed by atoms with Gasteiger partial charge in [-0.25, -0.2) is 8.78 Å². The van der Waals surface area contributed by atoms with Gasteiger partial charge in [-0.3, -0.25) is 0 Å². The number of hydrogen-bond acceptors (Lipinski definition) is 1. The number of rotatable bonds is 4. The van der Waals surface area contributed by atoms with Crippen LogP contribution in [0.5, 0.6) is 0 Å². The maximum Gasteiger partial charge on any atom is 0.128 e. The molecule has 1 nitrogen and oxygen atoms in total. The first-order chi connectivity index (χ1) is 9.49. The van der Waals surface area contributed by atoms with E-state index in [0.29, 0.717) is 21.5 Å². The van der Waals surface area contributed by atoms with Crippen molar-refractivity contribution in [1.29, 1.82) is 0 Å². The monoisotopic (exact) mass is 359 g/mol. The quantitative estimate of drug-likeness (QED) is 0.819. The molecule has 1 atom stereocenters. The topological polar surface area (TPSA) is 12.0 Å². The highest BCUT2D eigenvalue weighted by atomic mass is 79.9. The standard InChI is InChI=1S/C15H13BrClF2N/c1-20-15(13-8-11(17)2-3-14(13)19)6-9-4-10(16)7-12(18)5-9/h2-5,7-8,15,20H,6H2,1H3. The highest BCUT2D eigenvalue weighted by molar-refractivity contribution is 9.10. The van der Waals surface area contributed by atoms with Gasteiger partial charge in [0.1, 0.15) is 11.6 Å². The second kappa shape index (κ2) is 6.66. The molecule has 0 heterocycles. The molecule has 2 aromatic rings. The van der Waals surface area contributed by atoms with Crippen LogP contribution in [0, 0.1) is 11.6 Å². The summed E-state index contributed by atoms with van der Waals surface area (Å²) in [7, 11) is 1.74. The minimum Gasteiger partial charge on any atom is -0.313 e. The third-order valence-corrected chi connectivity index (χ3v) is 3.74. The number of hydrogen-bond donors (Lipinski definition) is 1. The van der Waals surface area contributed by atoms with Gasteiger partial charge in [-0.2, -0.15) is 0 Å². The Morgan fingerprint density at radius 1 is 1.20 bits per heavy atom. The molecule has 0 fully saturated rings. The molecule has 1 unspecified atom stereocenters. The number of halogens is 4. The van der Waals surface area contributed by atoms with Crippen molar-refractivity contribution in [2.75, 3.05) is 7.05 Å². The maximum absolute atomic E-state index is 13.9. The van der Waals surface area contributed by atoms with Crippen LogP contribution in [0.1, 0.15) is 17.2 Å². The van der Waals surface area contributed by atoms with Crippen molar-refractivity contribution < 1.29 is 8.78 Å². The van der Waals surface area contributed by atoms with Crippen molar-refractivity contribution in [2.24, 2.45) is 0 Å². The number of likely N-dealkylation sites (N-methyl/N-ethyl adjacent to an activating group) is 1. The molecule has 0 aliphatic carbocycles. The van der Waals surface area contributed by atoms with Gasteiger partial charge >= 0.3 is 0 Å². The summed E-state index contributed by atoms with van der Waals surface area (Å²) in [5.74, 6) is -0.653. The third-order valence-electron chi connectivity index (χ3n) is 3.04. The molecule has 0 radical (unpaired) electrons. The molecular weight excluding hydrogens is 348 g/mol. The van der Waals surface area contributed by atoms with Crippen molar-refractivity contribution in [3.63, 3.8) is 0 Å². The lowest BCUT2D eigenvalue weighted by Crippen LogP contribution is -2.20. The summed E-state index contributed by atoms with van der Waals surface area (Å²) in [6.07, 6.45) is 0.462. The summed E-state index contributed by atoms with van der Waals surface area (Å²) < 4.78 is 27.9. The minimum atomic E-state index is -0.329. The fourth-order valence-electron chi connectivity index (χ4n) is 2.11. The third kappa shape index (κ3) is 3.78. The largest absolute Gasteiger partial charge is 0.313 e. The van der Waals surface area contributed by atoms with E-state index in [0.717, 1.165) is 5.56 Å². The first-order valence-electron chi connectivity index (χ1n) is 6.07. The molecule has 0 saturated carbocycles. The van der Waals surface area contributed by atoms with Crippen LogP contribution in [0.25, 0.3) is 0 Å². The molecule has 20 heavy (non-hydrogen) atoms. The van der Waals surface area contributed by atoms with E-state index in [1.807, 2.05) is 6.07 Å². The zero-order chi connectivity index (χ0) is 14.7. The molecule has 1 N–H and O–H groups in total. The Bertz CT molecular complexity index is 599.